The van der Waals surface area contributed by atoms with Crippen LogP contribution in [0.15, 0.2) is 18.2 Å². The Bertz CT molecular complexity index is 416. The van der Waals surface area contributed by atoms with Crippen molar-refractivity contribution in [2.24, 2.45) is 0 Å². The van der Waals surface area contributed by atoms with E-state index in [4.69, 9.17) is 16.3 Å². The summed E-state index contributed by atoms with van der Waals surface area (Å²) >= 11 is 5.86. The molecule has 0 spiro atoms. The van der Waals surface area contributed by atoms with E-state index < -0.39 is 0 Å². The first kappa shape index (κ1) is 14.7. The van der Waals surface area contributed by atoms with Gasteiger partial charge in [0.05, 0.1) is 12.7 Å². The van der Waals surface area contributed by atoms with Crippen LogP contribution in [0.25, 0.3) is 0 Å². The van der Waals surface area contributed by atoms with E-state index >= 15 is 0 Å². The fourth-order valence-corrected chi connectivity index (χ4v) is 2.43. The number of likely N-dealkylation sites (N-methyl/N-ethyl adjacent to an activating group) is 1. The summed E-state index contributed by atoms with van der Waals surface area (Å²) < 4.78 is 19.2. The molecule has 19 heavy (non-hydrogen) atoms. The van der Waals surface area contributed by atoms with Gasteiger partial charge in [0, 0.05) is 36.8 Å². The van der Waals surface area contributed by atoms with Crippen molar-refractivity contribution in [1.82, 2.24) is 10.2 Å². The van der Waals surface area contributed by atoms with Crippen molar-refractivity contribution in [3.8, 4) is 0 Å². The van der Waals surface area contributed by atoms with Crippen molar-refractivity contribution >= 4 is 11.6 Å². The Kier molecular flexibility index (Phi) is 5.58. The number of halogens is 2. The van der Waals surface area contributed by atoms with Crippen LogP contribution in [-0.2, 0) is 11.3 Å². The summed E-state index contributed by atoms with van der Waals surface area (Å²) in [7, 11) is 0. The molecular weight excluding hydrogens is 267 g/mol. The van der Waals surface area contributed by atoms with Gasteiger partial charge < -0.3 is 10.1 Å². The van der Waals surface area contributed by atoms with E-state index in [0.717, 1.165) is 32.8 Å². The molecule has 1 saturated heterocycles. The molecule has 106 valence electrons. The maximum atomic E-state index is 13.5. The minimum absolute atomic E-state index is 0.177. The predicted molar refractivity (Wildman–Crippen MR) is 75.0 cm³/mol. The molecular formula is C14H20ClFN2O. The lowest BCUT2D eigenvalue weighted by atomic mass is 10.2. The van der Waals surface area contributed by atoms with Crippen molar-refractivity contribution in [3.63, 3.8) is 0 Å². The average molecular weight is 287 g/mol. The third kappa shape index (κ3) is 4.42. The van der Waals surface area contributed by atoms with Crippen molar-refractivity contribution in [3.05, 3.63) is 34.6 Å². The molecule has 1 atom stereocenters. The van der Waals surface area contributed by atoms with Crippen molar-refractivity contribution < 1.29 is 9.13 Å². The Labute approximate surface area is 118 Å². The Balaban J connectivity index is 1.78. The van der Waals surface area contributed by atoms with Gasteiger partial charge in [0.15, 0.2) is 0 Å². The van der Waals surface area contributed by atoms with Crippen LogP contribution in [0.5, 0.6) is 0 Å². The van der Waals surface area contributed by atoms with E-state index in [9.17, 15) is 4.39 Å². The van der Waals surface area contributed by atoms with E-state index in [1.165, 1.54) is 6.07 Å². The highest BCUT2D eigenvalue weighted by Crippen LogP contribution is 2.14. The first-order valence-corrected chi connectivity index (χ1v) is 7.05. The summed E-state index contributed by atoms with van der Waals surface area (Å²) in [4.78, 5) is 2.36. The molecule has 1 fully saturated rings. The van der Waals surface area contributed by atoms with Gasteiger partial charge in [-0.3, -0.25) is 4.90 Å². The Morgan fingerprint density at radius 1 is 1.53 bits per heavy atom. The van der Waals surface area contributed by atoms with Gasteiger partial charge in [-0.1, -0.05) is 18.5 Å². The Morgan fingerprint density at radius 2 is 2.37 bits per heavy atom. The highest BCUT2D eigenvalue weighted by molar-refractivity contribution is 6.30. The molecule has 1 aliphatic rings. The van der Waals surface area contributed by atoms with Gasteiger partial charge in [-0.2, -0.15) is 0 Å². The number of hydrogen-bond acceptors (Lipinski definition) is 3. The fourth-order valence-electron chi connectivity index (χ4n) is 2.24. The van der Waals surface area contributed by atoms with Gasteiger partial charge in [-0.25, -0.2) is 4.39 Å². The van der Waals surface area contributed by atoms with Crippen molar-refractivity contribution in [2.45, 2.75) is 19.6 Å². The molecule has 2 rings (SSSR count). The van der Waals surface area contributed by atoms with Crippen LogP contribution >= 0.6 is 11.6 Å². The molecule has 1 unspecified atom stereocenters. The highest BCUT2D eigenvalue weighted by Gasteiger charge is 2.18. The molecule has 0 aromatic heterocycles. The van der Waals surface area contributed by atoms with E-state index in [-0.39, 0.29) is 11.9 Å². The van der Waals surface area contributed by atoms with Crippen LogP contribution in [0.1, 0.15) is 12.5 Å². The lowest BCUT2D eigenvalue weighted by molar-refractivity contribution is -0.0254. The van der Waals surface area contributed by atoms with Crippen LogP contribution in [0.4, 0.5) is 4.39 Å². The van der Waals surface area contributed by atoms with Gasteiger partial charge >= 0.3 is 0 Å². The highest BCUT2D eigenvalue weighted by atomic mass is 35.5. The number of rotatable bonds is 5. The normalized spacial score (nSPS) is 20.7. The minimum Gasteiger partial charge on any atom is -0.374 e. The number of hydrogen-bond donors (Lipinski definition) is 1. The molecule has 5 heteroatoms. The SMILES string of the molecule is CCN1CCOC(CNCc2cc(Cl)ccc2F)C1. The summed E-state index contributed by atoms with van der Waals surface area (Å²) in [5, 5.41) is 3.79. The molecule has 0 aliphatic carbocycles. The largest absolute Gasteiger partial charge is 0.374 e. The Morgan fingerprint density at radius 3 is 3.16 bits per heavy atom. The van der Waals surface area contributed by atoms with Crippen LogP contribution in [-0.4, -0.2) is 43.8 Å². The van der Waals surface area contributed by atoms with E-state index in [1.807, 2.05) is 0 Å². The summed E-state index contributed by atoms with van der Waals surface area (Å²) in [5.74, 6) is -0.225. The van der Waals surface area contributed by atoms with E-state index in [1.54, 1.807) is 12.1 Å². The minimum atomic E-state index is -0.225. The second-order valence-electron chi connectivity index (χ2n) is 4.75. The molecule has 1 heterocycles. The number of nitrogens with one attached hydrogen (secondary N) is 1. The van der Waals surface area contributed by atoms with Crippen LogP contribution in [0.3, 0.4) is 0 Å². The molecule has 1 N–H and O–H groups in total. The predicted octanol–water partition coefficient (Wildman–Crippen LogP) is 2.29. The second-order valence-corrected chi connectivity index (χ2v) is 5.19. The van der Waals surface area contributed by atoms with Crippen LogP contribution in [0.2, 0.25) is 5.02 Å². The molecule has 0 amide bonds. The second kappa shape index (κ2) is 7.20. The maximum absolute atomic E-state index is 13.5. The molecule has 0 saturated carbocycles. The number of morpholine rings is 1. The van der Waals surface area contributed by atoms with Gasteiger partial charge in [0.25, 0.3) is 0 Å². The van der Waals surface area contributed by atoms with Crippen LogP contribution in [0, 0.1) is 5.82 Å². The molecule has 3 nitrogen and oxygen atoms in total. The summed E-state index contributed by atoms with van der Waals surface area (Å²) in [5.41, 5.74) is 0.593. The van der Waals surface area contributed by atoms with E-state index in [0.29, 0.717) is 17.1 Å². The number of ether oxygens (including phenoxy) is 1. The quantitative estimate of drug-likeness (QED) is 0.899. The first-order chi connectivity index (χ1) is 9.19. The molecule has 1 aromatic rings. The standard InChI is InChI=1S/C14H20ClFN2O/c1-2-18-5-6-19-13(10-18)9-17-8-11-7-12(15)3-4-14(11)16/h3-4,7,13,17H,2,5-6,8-10H2,1H3. The monoisotopic (exact) mass is 286 g/mol. The zero-order chi connectivity index (χ0) is 13.7. The van der Waals surface area contributed by atoms with Gasteiger partial charge in [-0.15, -0.1) is 0 Å². The number of benzene rings is 1. The van der Waals surface area contributed by atoms with Gasteiger partial charge in [0.1, 0.15) is 5.82 Å². The maximum Gasteiger partial charge on any atom is 0.127 e. The lowest BCUT2D eigenvalue weighted by Crippen LogP contribution is -2.46. The fraction of sp³-hybridized carbons (Fsp3) is 0.571. The van der Waals surface area contributed by atoms with Gasteiger partial charge in [0.2, 0.25) is 0 Å². The van der Waals surface area contributed by atoms with E-state index in [2.05, 4.69) is 17.1 Å². The topological polar surface area (TPSA) is 24.5 Å². The average Bonchev–Trinajstić information content (AvgIpc) is 2.43. The lowest BCUT2D eigenvalue weighted by Gasteiger charge is -2.32. The zero-order valence-electron chi connectivity index (χ0n) is 11.2. The Hall–Kier alpha value is -0.680. The molecule has 1 aromatic carbocycles. The van der Waals surface area contributed by atoms with Crippen molar-refractivity contribution in [1.29, 1.82) is 0 Å². The molecule has 0 radical (unpaired) electrons. The smallest absolute Gasteiger partial charge is 0.127 e. The molecule has 1 aliphatic heterocycles. The summed E-state index contributed by atoms with van der Waals surface area (Å²) in [6.45, 7) is 7.09. The van der Waals surface area contributed by atoms with Crippen molar-refractivity contribution in [2.75, 3.05) is 32.8 Å². The van der Waals surface area contributed by atoms with Crippen LogP contribution < -0.4 is 5.32 Å². The molecule has 0 bridgehead atoms. The first-order valence-electron chi connectivity index (χ1n) is 6.67. The third-order valence-electron chi connectivity index (χ3n) is 3.37. The number of nitrogens with zero attached hydrogens (tertiary/aromatic N) is 1. The summed E-state index contributed by atoms with van der Waals surface area (Å²) in [6, 6.07) is 4.61. The summed E-state index contributed by atoms with van der Waals surface area (Å²) in [6.07, 6.45) is 0.177. The third-order valence-corrected chi connectivity index (χ3v) is 3.60. The van der Waals surface area contributed by atoms with Gasteiger partial charge in [-0.05, 0) is 24.7 Å². The zero-order valence-corrected chi connectivity index (χ0v) is 11.9.